The van der Waals surface area contributed by atoms with Crippen LogP contribution in [0.15, 0.2) is 91.3 Å². The number of hydrogen-bond donors (Lipinski definition) is 3. The van der Waals surface area contributed by atoms with Crippen LogP contribution in [-0.4, -0.2) is 112 Å². The number of imide groups is 1. The third-order valence-electron chi connectivity index (χ3n) is 12.8. The first kappa shape index (κ1) is 40.7. The molecule has 1 atom stereocenters. The molecule has 6 aromatic rings. The second kappa shape index (κ2) is 16.7. The van der Waals surface area contributed by atoms with Gasteiger partial charge in [-0.1, -0.05) is 24.3 Å². The van der Waals surface area contributed by atoms with E-state index in [1.165, 1.54) is 25.6 Å². The molecule has 4 N–H and O–H groups in total. The van der Waals surface area contributed by atoms with Crippen molar-refractivity contribution in [2.75, 3.05) is 68.5 Å². The quantitative estimate of drug-likeness (QED) is 0.158. The highest BCUT2D eigenvalue weighted by Gasteiger charge is 2.39. The summed E-state index contributed by atoms with van der Waals surface area (Å²) in [6.45, 7) is 7.26. The molecule has 0 aliphatic carbocycles. The highest BCUT2D eigenvalue weighted by atomic mass is 19.1. The molecular weight excluding hydrogens is 818 g/mol. The first-order valence-electron chi connectivity index (χ1n) is 21.4. The van der Waals surface area contributed by atoms with Crippen LogP contribution in [0.5, 0.6) is 5.75 Å². The number of amides is 4. The van der Waals surface area contributed by atoms with Crippen molar-refractivity contribution >= 4 is 51.9 Å². The average Bonchev–Trinajstić information content (AvgIpc) is 3.85. The zero-order chi connectivity index (χ0) is 44.1. The highest BCUT2D eigenvalue weighted by Crippen LogP contribution is 2.34. The van der Waals surface area contributed by atoms with Crippen molar-refractivity contribution in [3.8, 4) is 22.7 Å². The molecule has 4 aromatic carbocycles. The zero-order valence-corrected chi connectivity index (χ0v) is 35.2. The van der Waals surface area contributed by atoms with Crippen molar-refractivity contribution in [1.29, 1.82) is 0 Å². The van der Waals surface area contributed by atoms with Crippen LogP contribution in [0.3, 0.4) is 0 Å². The van der Waals surface area contributed by atoms with Crippen molar-refractivity contribution in [3.05, 3.63) is 119 Å². The molecule has 6 heterocycles. The number of rotatable bonds is 11. The molecule has 4 aliphatic rings. The van der Waals surface area contributed by atoms with E-state index in [0.29, 0.717) is 52.7 Å². The summed E-state index contributed by atoms with van der Waals surface area (Å²) < 4.78 is 20.9. The number of carbonyl (C=O) groups excluding carboxylic acids is 4. The van der Waals surface area contributed by atoms with Crippen LogP contribution in [0.4, 0.5) is 21.6 Å². The van der Waals surface area contributed by atoms with Gasteiger partial charge in [0, 0.05) is 93.7 Å². The average molecular weight is 864 g/mol. The predicted molar refractivity (Wildman–Crippen MR) is 237 cm³/mol. The molecule has 16 nitrogen and oxygen atoms in total. The van der Waals surface area contributed by atoms with Crippen LogP contribution >= 0.6 is 0 Å². The standard InChI is InChI=1S/C47H46FN11O5/c1-64-39-14-6-32(48)21-37(39)45(61)50-22-28-2-4-30(5-3-28)42-41-43(49)51-27-52-44(41)59(54-42)34-9-7-33(8-10-34)57-24-29(25-57)23-55-16-18-56(19-17-55)35-11-12-36-31(20-35)26-58(47(36)63)38-13-15-40(60)53-46(38)62/h2-12,14,20-21,27,29,38H,13,15-19,22-26H2,1H3,(H,50,61)(H2,49,51,52)(H,53,60,62). The Balaban J connectivity index is 0.732. The summed E-state index contributed by atoms with van der Waals surface area (Å²) in [5.41, 5.74) is 14.0. The summed E-state index contributed by atoms with van der Waals surface area (Å²) in [6, 6.07) is 25.1. The normalized spacial score (nSPS) is 18.0. The summed E-state index contributed by atoms with van der Waals surface area (Å²) in [7, 11) is 1.43. The fourth-order valence-electron chi connectivity index (χ4n) is 9.28. The van der Waals surface area contributed by atoms with Gasteiger partial charge < -0.3 is 30.5 Å². The summed E-state index contributed by atoms with van der Waals surface area (Å²) in [5.74, 6) is -0.630. The molecule has 64 heavy (non-hydrogen) atoms. The van der Waals surface area contributed by atoms with E-state index in [1.54, 1.807) is 9.58 Å². The van der Waals surface area contributed by atoms with Crippen LogP contribution in [0, 0.1) is 11.7 Å². The van der Waals surface area contributed by atoms with Gasteiger partial charge in [0.05, 0.1) is 23.7 Å². The Hall–Kier alpha value is -7.40. The topological polar surface area (TPSA) is 184 Å². The minimum Gasteiger partial charge on any atom is -0.496 e. The number of anilines is 3. The summed E-state index contributed by atoms with van der Waals surface area (Å²) in [5, 5.41) is 10.8. The molecule has 0 radical (unpaired) electrons. The third-order valence-corrected chi connectivity index (χ3v) is 12.8. The number of nitrogen functional groups attached to an aromatic ring is 1. The number of aromatic nitrogens is 4. The maximum absolute atomic E-state index is 13.8. The maximum atomic E-state index is 13.8. The number of nitrogens with two attached hydrogens (primary N) is 1. The summed E-state index contributed by atoms with van der Waals surface area (Å²) in [4.78, 5) is 67.8. The molecule has 3 fully saturated rings. The predicted octanol–water partition coefficient (Wildman–Crippen LogP) is 4.16. The Bertz CT molecular complexity index is 2800. The molecule has 1 unspecified atom stereocenters. The Morgan fingerprint density at radius 3 is 2.39 bits per heavy atom. The first-order valence-corrected chi connectivity index (χ1v) is 21.4. The van der Waals surface area contributed by atoms with Gasteiger partial charge in [0.15, 0.2) is 5.65 Å². The van der Waals surface area contributed by atoms with E-state index < -0.39 is 23.7 Å². The third kappa shape index (κ3) is 7.71. The number of halogens is 1. The van der Waals surface area contributed by atoms with Gasteiger partial charge >= 0.3 is 0 Å². The molecule has 0 spiro atoms. The van der Waals surface area contributed by atoms with E-state index in [-0.39, 0.29) is 30.3 Å². The van der Waals surface area contributed by atoms with E-state index in [0.717, 1.165) is 85.6 Å². The minimum absolute atomic E-state index is 0.121. The Labute approximate surface area is 367 Å². The van der Waals surface area contributed by atoms with Gasteiger partial charge in [0.2, 0.25) is 11.8 Å². The first-order chi connectivity index (χ1) is 31.1. The van der Waals surface area contributed by atoms with E-state index >= 15 is 0 Å². The molecule has 4 aliphatic heterocycles. The largest absolute Gasteiger partial charge is 0.496 e. The number of piperidine rings is 1. The Morgan fingerprint density at radius 2 is 1.64 bits per heavy atom. The smallest absolute Gasteiger partial charge is 0.255 e. The lowest BCUT2D eigenvalue weighted by Gasteiger charge is -2.45. The Kier molecular flexibility index (Phi) is 10.6. The van der Waals surface area contributed by atoms with Crippen LogP contribution in [0.25, 0.3) is 28.0 Å². The zero-order valence-electron chi connectivity index (χ0n) is 35.2. The monoisotopic (exact) mass is 863 g/mol. The molecule has 17 heteroatoms. The fraction of sp³-hybridized carbons (Fsp3) is 0.298. The molecule has 10 rings (SSSR count). The number of hydrogen-bond acceptors (Lipinski definition) is 12. The SMILES string of the molecule is COc1ccc(F)cc1C(=O)NCc1ccc(-c2nn(-c3ccc(N4CC(CN5CCN(c6ccc7c(c6)CN(C6CCC(=O)NC6=O)C7=O)CC5)C4)cc3)c3ncnc(N)c23)cc1. The van der Waals surface area contributed by atoms with Gasteiger partial charge in [0.1, 0.15) is 35.4 Å². The number of nitrogens with zero attached hydrogens (tertiary/aromatic N) is 8. The second-order valence-corrected chi connectivity index (χ2v) is 16.8. The second-order valence-electron chi connectivity index (χ2n) is 16.8. The number of ether oxygens (including phenoxy) is 1. The summed E-state index contributed by atoms with van der Waals surface area (Å²) in [6.07, 6.45) is 2.03. The van der Waals surface area contributed by atoms with E-state index in [4.69, 9.17) is 15.6 Å². The number of nitrogens with one attached hydrogen (secondary N) is 2. The summed E-state index contributed by atoms with van der Waals surface area (Å²) >= 11 is 0. The number of methoxy groups -OCH3 is 1. The number of piperazine rings is 1. The highest BCUT2D eigenvalue weighted by molar-refractivity contribution is 6.05. The maximum Gasteiger partial charge on any atom is 0.255 e. The van der Waals surface area contributed by atoms with Gasteiger partial charge in [-0.2, -0.15) is 5.10 Å². The molecule has 3 saturated heterocycles. The number of carbonyl (C=O) groups is 4. The van der Waals surface area contributed by atoms with Crippen LogP contribution < -0.4 is 30.9 Å². The lowest BCUT2D eigenvalue weighted by molar-refractivity contribution is -0.136. The van der Waals surface area contributed by atoms with Gasteiger partial charge in [-0.25, -0.2) is 19.0 Å². The lowest BCUT2D eigenvalue weighted by Crippen LogP contribution is -2.55. The van der Waals surface area contributed by atoms with Crippen molar-refractivity contribution < 1.29 is 28.3 Å². The minimum atomic E-state index is -0.615. The number of benzene rings is 4. The van der Waals surface area contributed by atoms with Crippen molar-refractivity contribution in [2.45, 2.75) is 32.0 Å². The molecule has 0 bridgehead atoms. The van der Waals surface area contributed by atoms with Crippen LogP contribution in [-0.2, 0) is 22.7 Å². The van der Waals surface area contributed by atoms with Crippen molar-refractivity contribution in [1.82, 2.24) is 40.2 Å². The molecular formula is C47H46FN11O5. The van der Waals surface area contributed by atoms with Crippen molar-refractivity contribution in [3.63, 3.8) is 0 Å². The van der Waals surface area contributed by atoms with Gasteiger partial charge in [-0.15, -0.1) is 0 Å². The van der Waals surface area contributed by atoms with E-state index in [2.05, 4.69) is 53.5 Å². The molecule has 0 saturated carbocycles. The Morgan fingerprint density at radius 1 is 0.891 bits per heavy atom. The number of fused-ring (bicyclic) bond motifs is 2. The van der Waals surface area contributed by atoms with E-state index in [1.807, 2.05) is 48.5 Å². The molecule has 4 amide bonds. The molecule has 2 aromatic heterocycles. The van der Waals surface area contributed by atoms with Crippen LogP contribution in [0.1, 0.15) is 44.7 Å². The van der Waals surface area contributed by atoms with Crippen molar-refractivity contribution in [2.24, 2.45) is 5.92 Å². The van der Waals surface area contributed by atoms with Crippen LogP contribution in [0.2, 0.25) is 0 Å². The van der Waals surface area contributed by atoms with Gasteiger partial charge in [-0.05, 0) is 78.2 Å². The lowest BCUT2D eigenvalue weighted by atomic mass is 9.98. The van der Waals surface area contributed by atoms with Gasteiger partial charge in [-0.3, -0.25) is 29.4 Å². The molecule has 326 valence electrons. The fourth-order valence-corrected chi connectivity index (χ4v) is 9.28. The van der Waals surface area contributed by atoms with E-state index in [9.17, 15) is 23.6 Å². The van der Waals surface area contributed by atoms with Gasteiger partial charge in [0.25, 0.3) is 11.8 Å².